The fourth-order valence-corrected chi connectivity index (χ4v) is 4.17. The smallest absolute Gasteiger partial charge is 0.224 e. The van der Waals surface area contributed by atoms with Crippen molar-refractivity contribution < 1.29 is 38.0 Å². The van der Waals surface area contributed by atoms with E-state index in [2.05, 4.69) is 31.2 Å². The highest BCUT2D eigenvalue weighted by Crippen LogP contribution is 2.38. The molecule has 1 aliphatic rings. The van der Waals surface area contributed by atoms with E-state index >= 15 is 0 Å². The number of nitrogens with zero attached hydrogens (tertiary/aromatic N) is 2. The van der Waals surface area contributed by atoms with Crippen LogP contribution in [0.4, 0.5) is 5.69 Å². The summed E-state index contributed by atoms with van der Waals surface area (Å²) in [5.74, 6) is -0.0382. The van der Waals surface area contributed by atoms with Gasteiger partial charge in [0.05, 0.1) is 32.4 Å². The number of carbonyl (C=O) groups excluding carboxylic acids is 2. The highest BCUT2D eigenvalue weighted by Gasteiger charge is 2.26. The van der Waals surface area contributed by atoms with Crippen LogP contribution in [0.15, 0.2) is 48.7 Å². The molecule has 3 aromatic rings. The maximum Gasteiger partial charge on any atom is 0.224 e. The molecule has 0 aliphatic heterocycles. The molecule has 0 unspecified atom stereocenters. The Morgan fingerprint density at radius 2 is 1.81 bits per heavy atom. The van der Waals surface area contributed by atoms with Gasteiger partial charge in [-0.25, -0.2) is 0 Å². The van der Waals surface area contributed by atoms with Gasteiger partial charge in [0.25, 0.3) is 0 Å². The first kappa shape index (κ1) is 23.3. The molecule has 0 fully saturated rings. The molecule has 1 amide bonds. The molecule has 5 nitrogen and oxygen atoms in total. The second-order valence-electron chi connectivity index (χ2n) is 8.28. The molecule has 2 aromatic carbocycles. The van der Waals surface area contributed by atoms with Crippen LogP contribution in [0.2, 0.25) is 0 Å². The number of hydrogen-bond donors (Lipinski definition) is 1. The second-order valence-corrected chi connectivity index (χ2v) is 8.28. The van der Waals surface area contributed by atoms with Gasteiger partial charge in [0, 0.05) is 46.8 Å². The van der Waals surface area contributed by atoms with Crippen molar-refractivity contribution in [2.24, 2.45) is 0 Å². The lowest BCUT2D eigenvalue weighted by Gasteiger charge is -2.32. The van der Waals surface area contributed by atoms with Crippen LogP contribution >= 0.6 is 0 Å². The molecule has 1 heterocycles. The number of benzene rings is 2. The predicted octanol–water partition coefficient (Wildman–Crippen LogP) is 1.66. The van der Waals surface area contributed by atoms with Crippen LogP contribution in [-0.2, 0) is 4.79 Å². The Morgan fingerprint density at radius 1 is 1.03 bits per heavy atom. The van der Waals surface area contributed by atoms with Crippen molar-refractivity contribution in [3.05, 3.63) is 59.8 Å². The van der Waals surface area contributed by atoms with E-state index in [1.807, 2.05) is 36.4 Å². The van der Waals surface area contributed by atoms with Crippen molar-refractivity contribution in [3.8, 4) is 11.3 Å². The van der Waals surface area contributed by atoms with Crippen molar-refractivity contribution in [1.82, 2.24) is 4.98 Å². The number of carbonyl (C=O) groups is 2. The standard InChI is InChI=1S/C25H27N3O2.HI/c1-4-28(3,5-2)15-7-10-22(29)27-18-11-12-19-21(16-18)25(30)20-9-6-8-17-13-14-26-24(19)23(17)20;/h6,8-9,11-14,16H,4-5,7,10,15H2,1-3H3;1H. The molecule has 6 heteroatoms. The Labute approximate surface area is 200 Å². The van der Waals surface area contributed by atoms with Crippen molar-refractivity contribution in [2.75, 3.05) is 32.0 Å². The number of pyridine rings is 1. The summed E-state index contributed by atoms with van der Waals surface area (Å²) in [6.07, 6.45) is 3.09. The Balaban J connectivity index is 0.00000272. The number of ketones is 1. The number of rotatable bonds is 7. The van der Waals surface area contributed by atoms with E-state index in [0.29, 0.717) is 23.2 Å². The van der Waals surface area contributed by atoms with Gasteiger partial charge in [-0.3, -0.25) is 14.6 Å². The third-order valence-electron chi connectivity index (χ3n) is 6.47. The number of anilines is 1. The van der Waals surface area contributed by atoms with E-state index in [0.717, 1.165) is 52.6 Å². The first-order valence-electron chi connectivity index (χ1n) is 10.7. The lowest BCUT2D eigenvalue weighted by molar-refractivity contribution is -0.906. The summed E-state index contributed by atoms with van der Waals surface area (Å²) in [4.78, 5) is 30.1. The fourth-order valence-electron chi connectivity index (χ4n) is 4.17. The minimum atomic E-state index is -0.0221. The van der Waals surface area contributed by atoms with E-state index in [4.69, 9.17) is 0 Å². The molecule has 1 aliphatic carbocycles. The lowest BCUT2D eigenvalue weighted by atomic mass is 9.85. The zero-order valence-corrected chi connectivity index (χ0v) is 20.4. The van der Waals surface area contributed by atoms with E-state index in [9.17, 15) is 9.59 Å². The van der Waals surface area contributed by atoms with Crippen LogP contribution in [-0.4, -0.2) is 47.8 Å². The maximum absolute atomic E-state index is 13.1. The highest BCUT2D eigenvalue weighted by molar-refractivity contribution is 6.25. The zero-order valence-electron chi connectivity index (χ0n) is 18.2. The maximum atomic E-state index is 13.1. The lowest BCUT2D eigenvalue weighted by Crippen LogP contribution is -3.00. The van der Waals surface area contributed by atoms with Crippen LogP contribution in [0.5, 0.6) is 0 Å². The minimum absolute atomic E-state index is 0. The van der Waals surface area contributed by atoms with Gasteiger partial charge in [-0.05, 0) is 43.5 Å². The summed E-state index contributed by atoms with van der Waals surface area (Å²) in [6, 6.07) is 13.2. The molecular weight excluding hydrogens is 501 g/mol. The summed E-state index contributed by atoms with van der Waals surface area (Å²) in [5, 5.41) is 4.88. The van der Waals surface area contributed by atoms with Crippen molar-refractivity contribution in [1.29, 1.82) is 0 Å². The van der Waals surface area contributed by atoms with Crippen LogP contribution < -0.4 is 29.3 Å². The van der Waals surface area contributed by atoms with Gasteiger partial charge in [-0.1, -0.05) is 18.2 Å². The molecule has 0 spiro atoms. The summed E-state index contributed by atoms with van der Waals surface area (Å²) in [6.45, 7) is 7.47. The molecule has 0 bridgehead atoms. The van der Waals surface area contributed by atoms with E-state index < -0.39 is 0 Å². The number of halogens is 1. The van der Waals surface area contributed by atoms with Crippen molar-refractivity contribution in [2.45, 2.75) is 26.7 Å². The van der Waals surface area contributed by atoms with Crippen LogP contribution in [0, 0.1) is 0 Å². The van der Waals surface area contributed by atoms with E-state index in [1.54, 1.807) is 12.3 Å². The molecule has 1 N–H and O–H groups in total. The number of hydrogen-bond acceptors (Lipinski definition) is 3. The molecule has 31 heavy (non-hydrogen) atoms. The average Bonchev–Trinajstić information content (AvgIpc) is 2.77. The molecule has 0 saturated heterocycles. The number of quaternary nitrogens is 1. The number of aromatic nitrogens is 1. The van der Waals surface area contributed by atoms with Crippen LogP contribution in [0.3, 0.4) is 0 Å². The quantitative estimate of drug-likeness (QED) is 0.293. The minimum Gasteiger partial charge on any atom is -1.00 e. The van der Waals surface area contributed by atoms with Gasteiger partial charge >= 0.3 is 0 Å². The Bertz CT molecular complexity index is 1130. The Kier molecular flexibility index (Phi) is 7.11. The molecule has 4 rings (SSSR count). The van der Waals surface area contributed by atoms with Gasteiger partial charge in [-0.2, -0.15) is 0 Å². The van der Waals surface area contributed by atoms with Crippen molar-refractivity contribution >= 4 is 28.2 Å². The van der Waals surface area contributed by atoms with Gasteiger partial charge in [-0.15, -0.1) is 0 Å². The number of nitrogens with one attached hydrogen (secondary N) is 1. The largest absolute Gasteiger partial charge is 1.00 e. The molecular formula is C25H28IN3O2. The summed E-state index contributed by atoms with van der Waals surface area (Å²) < 4.78 is 0.971. The van der Waals surface area contributed by atoms with Gasteiger partial charge in [0.2, 0.25) is 5.91 Å². The first-order chi connectivity index (χ1) is 14.5. The van der Waals surface area contributed by atoms with Gasteiger partial charge in [0.15, 0.2) is 5.78 Å². The topological polar surface area (TPSA) is 59.1 Å². The number of amides is 1. The fraction of sp³-hybridized carbons (Fsp3) is 0.320. The van der Waals surface area contributed by atoms with Crippen LogP contribution in [0.25, 0.3) is 22.0 Å². The number of fused-ring (bicyclic) bond motifs is 2. The molecule has 0 radical (unpaired) electrons. The molecule has 0 saturated carbocycles. The van der Waals surface area contributed by atoms with Crippen LogP contribution in [0.1, 0.15) is 42.6 Å². The summed E-state index contributed by atoms with van der Waals surface area (Å²) >= 11 is 0. The molecule has 0 atom stereocenters. The zero-order chi connectivity index (χ0) is 21.3. The third kappa shape index (κ3) is 4.50. The van der Waals surface area contributed by atoms with Crippen molar-refractivity contribution in [3.63, 3.8) is 0 Å². The highest BCUT2D eigenvalue weighted by atomic mass is 127. The summed E-state index contributed by atoms with van der Waals surface area (Å²) in [5.41, 5.74) is 3.56. The molecule has 162 valence electrons. The SMILES string of the molecule is CC[N+](C)(CC)CCCC(=O)Nc1ccc2c(c1)C(=O)c1cccc3ccnc-2c13.[I-]. The monoisotopic (exact) mass is 529 g/mol. The predicted molar refractivity (Wildman–Crippen MR) is 121 cm³/mol. The normalized spacial score (nSPS) is 12.3. The molecule has 1 aromatic heterocycles. The average molecular weight is 529 g/mol. The van der Waals surface area contributed by atoms with E-state index in [-0.39, 0.29) is 35.7 Å². The third-order valence-corrected chi connectivity index (χ3v) is 6.47. The van der Waals surface area contributed by atoms with E-state index in [1.165, 1.54) is 0 Å². The second kappa shape index (κ2) is 9.44. The Hall–Kier alpha value is -2.32. The summed E-state index contributed by atoms with van der Waals surface area (Å²) in [7, 11) is 2.22. The van der Waals surface area contributed by atoms with Gasteiger partial charge in [0.1, 0.15) is 0 Å². The Morgan fingerprint density at radius 3 is 2.55 bits per heavy atom. The first-order valence-corrected chi connectivity index (χ1v) is 10.7. The van der Waals surface area contributed by atoms with Gasteiger partial charge < -0.3 is 33.8 Å².